The monoisotopic (exact) mass is 432 g/mol. The highest BCUT2D eigenvalue weighted by atomic mass is 16.2. The van der Waals surface area contributed by atoms with E-state index in [0.717, 1.165) is 34.4 Å². The summed E-state index contributed by atoms with van der Waals surface area (Å²) in [7, 11) is 0. The molecule has 0 radical (unpaired) electrons. The van der Waals surface area contributed by atoms with E-state index in [9.17, 15) is 14.4 Å². The van der Waals surface area contributed by atoms with Crippen LogP contribution in [0.15, 0.2) is 48.5 Å². The van der Waals surface area contributed by atoms with Gasteiger partial charge in [-0.25, -0.2) is 4.79 Å². The van der Waals surface area contributed by atoms with E-state index < -0.39 is 11.6 Å². The van der Waals surface area contributed by atoms with Crippen molar-refractivity contribution in [2.24, 2.45) is 5.92 Å². The maximum absolute atomic E-state index is 13.5. The summed E-state index contributed by atoms with van der Waals surface area (Å²) in [6, 6.07) is 14.8. The minimum Gasteiger partial charge on any atom is -0.399 e. The quantitative estimate of drug-likeness (QED) is 0.542. The minimum absolute atomic E-state index is 0.0626. The zero-order valence-electron chi connectivity index (χ0n) is 18.2. The van der Waals surface area contributed by atoms with Crippen LogP contribution in [0.3, 0.4) is 0 Å². The predicted octanol–water partition coefficient (Wildman–Crippen LogP) is 2.79. The predicted molar refractivity (Wildman–Crippen MR) is 120 cm³/mol. The van der Waals surface area contributed by atoms with Crippen molar-refractivity contribution in [2.75, 3.05) is 12.3 Å². The zero-order valence-corrected chi connectivity index (χ0v) is 18.2. The van der Waals surface area contributed by atoms with Gasteiger partial charge in [0.2, 0.25) is 5.91 Å². The number of nitrogens with one attached hydrogen (secondary N) is 1. The number of rotatable bonds is 6. The number of carbonyl (C=O) groups is 3. The first kappa shape index (κ1) is 20.5. The lowest BCUT2D eigenvalue weighted by Gasteiger charge is -2.31. The Morgan fingerprint density at radius 2 is 1.97 bits per heavy atom. The average Bonchev–Trinajstić information content (AvgIpc) is 3.54. The third kappa shape index (κ3) is 3.42. The van der Waals surface area contributed by atoms with Gasteiger partial charge in [-0.1, -0.05) is 36.4 Å². The first-order chi connectivity index (χ1) is 15.4. The van der Waals surface area contributed by atoms with Gasteiger partial charge >= 0.3 is 6.03 Å². The van der Waals surface area contributed by atoms with E-state index in [0.29, 0.717) is 31.0 Å². The molecule has 7 heteroatoms. The fraction of sp³-hybridized carbons (Fsp3) is 0.400. The minimum atomic E-state index is -1.09. The van der Waals surface area contributed by atoms with Gasteiger partial charge in [-0.05, 0) is 67.3 Å². The molecule has 32 heavy (non-hydrogen) atoms. The number of hydrogen-bond donors (Lipinski definition) is 2. The third-order valence-electron chi connectivity index (χ3n) is 7.14. The van der Waals surface area contributed by atoms with E-state index >= 15 is 0 Å². The van der Waals surface area contributed by atoms with Gasteiger partial charge in [0, 0.05) is 18.3 Å². The Hall–Kier alpha value is -3.35. The smallest absolute Gasteiger partial charge is 0.325 e. The van der Waals surface area contributed by atoms with E-state index in [1.165, 1.54) is 0 Å². The molecule has 0 bridgehead atoms. The molecular formula is C25H28N4O3. The van der Waals surface area contributed by atoms with Crippen LogP contribution in [0.4, 0.5) is 10.5 Å². The van der Waals surface area contributed by atoms with Gasteiger partial charge in [-0.15, -0.1) is 0 Å². The topological polar surface area (TPSA) is 95.7 Å². The fourth-order valence-electron chi connectivity index (χ4n) is 5.11. The lowest BCUT2D eigenvalue weighted by atomic mass is 9.91. The van der Waals surface area contributed by atoms with Crippen LogP contribution in [0, 0.1) is 5.92 Å². The number of urea groups is 1. The van der Waals surface area contributed by atoms with Crippen LogP contribution in [0.25, 0.3) is 0 Å². The second-order valence-electron chi connectivity index (χ2n) is 9.23. The van der Waals surface area contributed by atoms with Crippen LogP contribution in [-0.2, 0) is 28.1 Å². The van der Waals surface area contributed by atoms with E-state index in [2.05, 4.69) is 12.2 Å². The van der Waals surface area contributed by atoms with Crippen molar-refractivity contribution in [3.05, 3.63) is 65.2 Å². The molecule has 2 aromatic carbocycles. The Morgan fingerprint density at radius 3 is 2.69 bits per heavy atom. The summed E-state index contributed by atoms with van der Waals surface area (Å²) >= 11 is 0. The second kappa shape index (κ2) is 7.65. The Morgan fingerprint density at radius 1 is 1.22 bits per heavy atom. The molecule has 2 aliphatic carbocycles. The van der Waals surface area contributed by atoms with Crippen molar-refractivity contribution in [2.45, 2.75) is 50.7 Å². The molecule has 2 atom stereocenters. The highest BCUT2D eigenvalue weighted by Crippen LogP contribution is 2.42. The zero-order chi connectivity index (χ0) is 22.5. The molecule has 3 N–H and O–H groups in total. The molecular weight excluding hydrogens is 404 g/mol. The fourth-order valence-corrected chi connectivity index (χ4v) is 5.11. The van der Waals surface area contributed by atoms with Crippen LogP contribution in [0.2, 0.25) is 0 Å². The molecule has 1 spiro atoms. The number of amides is 4. The molecule has 1 saturated carbocycles. The lowest BCUT2D eigenvalue weighted by molar-refractivity contribution is -0.141. The van der Waals surface area contributed by atoms with Crippen molar-refractivity contribution in [1.82, 2.24) is 15.1 Å². The lowest BCUT2D eigenvalue weighted by Crippen LogP contribution is -2.47. The highest BCUT2D eigenvalue weighted by Gasteiger charge is 2.55. The number of hydrogen-bond acceptors (Lipinski definition) is 4. The first-order valence-electron chi connectivity index (χ1n) is 11.3. The SMILES string of the molecule is CC(C1CC1)N(Cc1ccccc1)C(=O)CN1C(=O)N[C@]2(CCc3cc(N)ccc32)C1=O. The number of imide groups is 1. The molecule has 7 nitrogen and oxygen atoms in total. The van der Waals surface area contributed by atoms with E-state index in [1.54, 1.807) is 6.07 Å². The molecule has 2 fully saturated rings. The van der Waals surface area contributed by atoms with E-state index in [-0.39, 0.29) is 24.4 Å². The Labute approximate surface area is 187 Å². The maximum Gasteiger partial charge on any atom is 0.325 e. The first-order valence-corrected chi connectivity index (χ1v) is 11.3. The van der Waals surface area contributed by atoms with Gasteiger partial charge < -0.3 is 16.0 Å². The summed E-state index contributed by atoms with van der Waals surface area (Å²) in [5, 5.41) is 2.89. The number of fused-ring (bicyclic) bond motifs is 2. The maximum atomic E-state index is 13.5. The summed E-state index contributed by atoms with van der Waals surface area (Å²) in [5.74, 6) is -0.0771. The molecule has 1 unspecified atom stereocenters. The van der Waals surface area contributed by atoms with Gasteiger partial charge in [0.05, 0.1) is 0 Å². The molecule has 1 aliphatic heterocycles. The molecule has 0 aromatic heterocycles. The Kier molecular flexibility index (Phi) is 4.92. The Bertz CT molecular complexity index is 1080. The summed E-state index contributed by atoms with van der Waals surface area (Å²) in [4.78, 5) is 42.6. The molecule has 2 aromatic rings. The van der Waals surface area contributed by atoms with Gasteiger partial charge in [-0.2, -0.15) is 0 Å². The van der Waals surface area contributed by atoms with Gasteiger partial charge in [0.25, 0.3) is 5.91 Å². The molecule has 3 aliphatic rings. The van der Waals surface area contributed by atoms with Gasteiger partial charge in [0.15, 0.2) is 0 Å². The number of anilines is 1. The van der Waals surface area contributed by atoms with Gasteiger partial charge in [0.1, 0.15) is 12.1 Å². The van der Waals surface area contributed by atoms with Crippen molar-refractivity contribution >= 4 is 23.5 Å². The standard InChI is InChI=1S/C25H28N4O3/c1-16(18-7-8-18)28(14-17-5-3-2-4-6-17)22(30)15-29-23(31)25(27-24(29)32)12-11-19-13-20(26)9-10-21(19)25/h2-6,9-10,13,16,18H,7-8,11-12,14-15,26H2,1H3,(H,27,32)/t16?,25-/m0/s1. The van der Waals surface area contributed by atoms with Crippen LogP contribution in [-0.4, -0.2) is 40.2 Å². The third-order valence-corrected chi connectivity index (χ3v) is 7.14. The number of carbonyl (C=O) groups excluding carboxylic acids is 3. The van der Waals surface area contributed by atoms with Crippen molar-refractivity contribution < 1.29 is 14.4 Å². The van der Waals surface area contributed by atoms with Crippen LogP contribution < -0.4 is 11.1 Å². The average molecular weight is 433 g/mol. The normalized spacial score (nSPS) is 22.7. The number of nitrogen functional groups attached to an aromatic ring is 1. The molecule has 166 valence electrons. The van der Waals surface area contributed by atoms with E-state index in [1.807, 2.05) is 47.4 Å². The number of nitrogens with zero attached hydrogens (tertiary/aromatic N) is 2. The molecule has 1 saturated heterocycles. The van der Waals surface area contributed by atoms with E-state index in [4.69, 9.17) is 5.73 Å². The van der Waals surface area contributed by atoms with Crippen molar-refractivity contribution in [1.29, 1.82) is 0 Å². The molecule has 5 rings (SSSR count). The molecule has 1 heterocycles. The highest BCUT2D eigenvalue weighted by molar-refractivity contribution is 6.10. The number of aryl methyl sites for hydroxylation is 1. The van der Waals surface area contributed by atoms with Crippen molar-refractivity contribution in [3.63, 3.8) is 0 Å². The molecule has 4 amide bonds. The van der Waals surface area contributed by atoms with Gasteiger partial charge in [-0.3, -0.25) is 14.5 Å². The summed E-state index contributed by atoms with van der Waals surface area (Å²) in [5.41, 5.74) is 8.23. The summed E-state index contributed by atoms with van der Waals surface area (Å²) in [6.45, 7) is 2.28. The summed E-state index contributed by atoms with van der Waals surface area (Å²) < 4.78 is 0. The van der Waals surface area contributed by atoms with Crippen LogP contribution in [0.5, 0.6) is 0 Å². The number of benzene rings is 2. The van der Waals surface area contributed by atoms with Crippen molar-refractivity contribution in [3.8, 4) is 0 Å². The van der Waals surface area contributed by atoms with Crippen LogP contribution >= 0.6 is 0 Å². The summed E-state index contributed by atoms with van der Waals surface area (Å²) in [6.07, 6.45) is 3.35. The largest absolute Gasteiger partial charge is 0.399 e. The Balaban J connectivity index is 1.37. The number of nitrogens with two attached hydrogens (primary N) is 1. The second-order valence-corrected chi connectivity index (χ2v) is 9.23. The van der Waals surface area contributed by atoms with Crippen LogP contribution in [0.1, 0.15) is 42.9 Å².